The molecule has 5 heteroatoms. The number of carbonyl (C=O) groups is 1. The molecular weight excluding hydrogens is 306 g/mol. The molecule has 0 bridgehead atoms. The smallest absolute Gasteiger partial charge is 0.230 e. The third-order valence-electron chi connectivity index (χ3n) is 4.44. The Hall–Kier alpha value is -1.75. The molecule has 0 aliphatic heterocycles. The van der Waals surface area contributed by atoms with Crippen molar-refractivity contribution in [1.82, 2.24) is 10.2 Å². The van der Waals surface area contributed by atoms with Crippen LogP contribution >= 0.6 is 11.3 Å². The fourth-order valence-corrected chi connectivity index (χ4v) is 3.97. The van der Waals surface area contributed by atoms with Crippen LogP contribution in [0.15, 0.2) is 24.3 Å². The fourth-order valence-electron chi connectivity index (χ4n) is 3.04. The lowest BCUT2D eigenvalue weighted by atomic mass is 9.90. The number of benzene rings is 1. The molecule has 1 amide bonds. The Morgan fingerprint density at radius 2 is 1.83 bits per heavy atom. The van der Waals surface area contributed by atoms with Gasteiger partial charge in [-0.3, -0.25) is 4.79 Å². The number of aromatic nitrogens is 2. The molecule has 1 heterocycles. The molecule has 3 rings (SSSR count). The van der Waals surface area contributed by atoms with E-state index < -0.39 is 0 Å². The molecule has 1 aliphatic carbocycles. The van der Waals surface area contributed by atoms with Gasteiger partial charge < -0.3 is 5.32 Å². The van der Waals surface area contributed by atoms with Crippen LogP contribution in [0.25, 0.3) is 0 Å². The van der Waals surface area contributed by atoms with Crippen molar-refractivity contribution in [3.63, 3.8) is 0 Å². The van der Waals surface area contributed by atoms with Crippen molar-refractivity contribution >= 4 is 22.4 Å². The molecule has 2 aromatic rings. The summed E-state index contributed by atoms with van der Waals surface area (Å²) >= 11 is 1.53. The van der Waals surface area contributed by atoms with Gasteiger partial charge in [0.1, 0.15) is 5.01 Å². The molecule has 1 N–H and O–H groups in total. The number of hydrogen-bond donors (Lipinski definition) is 1. The van der Waals surface area contributed by atoms with Crippen LogP contribution in [0.5, 0.6) is 0 Å². The molecule has 1 aromatic carbocycles. The van der Waals surface area contributed by atoms with Gasteiger partial charge in [0.2, 0.25) is 11.0 Å². The second kappa shape index (κ2) is 7.68. The van der Waals surface area contributed by atoms with Crippen LogP contribution < -0.4 is 5.32 Å². The molecule has 0 unspecified atom stereocenters. The van der Waals surface area contributed by atoms with Gasteiger partial charge in [-0.25, -0.2) is 0 Å². The minimum absolute atomic E-state index is 0.0272. The molecule has 0 spiro atoms. The molecular formula is C18H23N3OS. The summed E-state index contributed by atoms with van der Waals surface area (Å²) in [6, 6.07) is 8.20. The number of nitrogens with zero attached hydrogens (tertiary/aromatic N) is 2. The van der Waals surface area contributed by atoms with E-state index in [2.05, 4.69) is 34.6 Å². The molecule has 1 aromatic heterocycles. The Morgan fingerprint density at radius 3 is 2.52 bits per heavy atom. The molecule has 0 saturated heterocycles. The number of nitrogens with one attached hydrogen (secondary N) is 1. The van der Waals surface area contributed by atoms with Crippen molar-refractivity contribution < 1.29 is 4.79 Å². The molecule has 0 atom stereocenters. The number of rotatable bonds is 5. The summed E-state index contributed by atoms with van der Waals surface area (Å²) in [6.45, 7) is 2.13. The summed E-state index contributed by atoms with van der Waals surface area (Å²) in [5.41, 5.74) is 2.31. The van der Waals surface area contributed by atoms with Gasteiger partial charge in [0.25, 0.3) is 0 Å². The lowest BCUT2D eigenvalue weighted by Gasteiger charge is -2.18. The molecule has 1 fully saturated rings. The molecule has 1 saturated carbocycles. The highest BCUT2D eigenvalue weighted by molar-refractivity contribution is 7.15. The van der Waals surface area contributed by atoms with E-state index in [1.54, 1.807) is 0 Å². The number of carbonyl (C=O) groups excluding carboxylic acids is 1. The Kier molecular flexibility index (Phi) is 5.39. The van der Waals surface area contributed by atoms with Crippen LogP contribution in [0, 0.1) is 0 Å². The number of amides is 1. The Balaban J connectivity index is 1.55. The van der Waals surface area contributed by atoms with Crippen LogP contribution in [0.4, 0.5) is 5.13 Å². The normalized spacial score (nSPS) is 15.5. The first kappa shape index (κ1) is 16.1. The average Bonchev–Trinajstić information content (AvgIpc) is 3.04. The van der Waals surface area contributed by atoms with E-state index in [9.17, 15) is 4.79 Å². The zero-order valence-electron chi connectivity index (χ0n) is 13.5. The van der Waals surface area contributed by atoms with Gasteiger partial charge in [-0.15, -0.1) is 10.2 Å². The van der Waals surface area contributed by atoms with Crippen molar-refractivity contribution in [2.75, 3.05) is 5.32 Å². The van der Waals surface area contributed by atoms with E-state index >= 15 is 0 Å². The van der Waals surface area contributed by atoms with Crippen molar-refractivity contribution in [2.45, 2.75) is 57.8 Å². The number of aryl methyl sites for hydroxylation is 1. The topological polar surface area (TPSA) is 54.9 Å². The zero-order valence-corrected chi connectivity index (χ0v) is 14.4. The summed E-state index contributed by atoms with van der Waals surface area (Å²) in [7, 11) is 0. The van der Waals surface area contributed by atoms with Crippen LogP contribution in [0.1, 0.15) is 61.1 Å². The van der Waals surface area contributed by atoms with Crippen molar-refractivity contribution in [1.29, 1.82) is 0 Å². The van der Waals surface area contributed by atoms with Crippen LogP contribution in [0.3, 0.4) is 0 Å². The molecule has 23 heavy (non-hydrogen) atoms. The molecule has 122 valence electrons. The maximum absolute atomic E-state index is 12.1. The predicted octanol–water partition coefficient (Wildman–Crippen LogP) is 4.33. The minimum atomic E-state index is -0.0272. The average molecular weight is 329 g/mol. The lowest BCUT2D eigenvalue weighted by molar-refractivity contribution is -0.115. The third kappa shape index (κ3) is 4.38. The second-order valence-electron chi connectivity index (χ2n) is 6.18. The summed E-state index contributed by atoms with van der Waals surface area (Å²) in [5, 5.41) is 13.0. The van der Waals surface area contributed by atoms with Crippen molar-refractivity contribution in [2.24, 2.45) is 0 Å². The first-order valence-corrected chi connectivity index (χ1v) is 9.27. The van der Waals surface area contributed by atoms with Gasteiger partial charge in [-0.1, -0.05) is 61.8 Å². The fraction of sp³-hybridized carbons (Fsp3) is 0.500. The van der Waals surface area contributed by atoms with Gasteiger partial charge in [-0.2, -0.15) is 0 Å². The van der Waals surface area contributed by atoms with Gasteiger partial charge in [0.05, 0.1) is 6.42 Å². The quantitative estimate of drug-likeness (QED) is 0.888. The molecule has 1 aliphatic rings. The standard InChI is InChI=1S/C18H23N3OS/c1-2-13-8-10-14(11-9-13)12-16(22)19-18-21-20-17(23-18)15-6-4-3-5-7-15/h8-11,15H,2-7,12H2,1H3,(H,19,21,22). The van der Waals surface area contributed by atoms with E-state index in [0.717, 1.165) is 17.0 Å². The van der Waals surface area contributed by atoms with Crippen LogP contribution in [-0.2, 0) is 17.6 Å². The minimum Gasteiger partial charge on any atom is -0.300 e. The Bertz CT molecular complexity index is 645. The summed E-state index contributed by atoms with van der Waals surface area (Å²) in [6.07, 6.45) is 7.68. The van der Waals surface area contributed by atoms with Crippen LogP contribution in [0.2, 0.25) is 0 Å². The van der Waals surface area contributed by atoms with E-state index in [1.165, 1.54) is 49.0 Å². The number of anilines is 1. The van der Waals surface area contributed by atoms with E-state index in [-0.39, 0.29) is 5.91 Å². The summed E-state index contributed by atoms with van der Waals surface area (Å²) in [4.78, 5) is 12.1. The largest absolute Gasteiger partial charge is 0.300 e. The molecule has 0 radical (unpaired) electrons. The highest BCUT2D eigenvalue weighted by atomic mass is 32.1. The van der Waals surface area contributed by atoms with Gasteiger partial charge >= 0.3 is 0 Å². The number of hydrogen-bond acceptors (Lipinski definition) is 4. The first-order chi connectivity index (χ1) is 11.2. The van der Waals surface area contributed by atoms with E-state index in [4.69, 9.17) is 0 Å². The maximum atomic E-state index is 12.1. The van der Waals surface area contributed by atoms with Crippen molar-refractivity contribution in [3.8, 4) is 0 Å². The highest BCUT2D eigenvalue weighted by Crippen LogP contribution is 2.35. The lowest BCUT2D eigenvalue weighted by Crippen LogP contribution is -2.14. The first-order valence-electron chi connectivity index (χ1n) is 8.45. The summed E-state index contributed by atoms with van der Waals surface area (Å²) < 4.78 is 0. The SMILES string of the molecule is CCc1ccc(CC(=O)Nc2nnc(C3CCCCC3)s2)cc1. The van der Waals surface area contributed by atoms with E-state index in [1.807, 2.05) is 12.1 Å². The zero-order chi connectivity index (χ0) is 16.1. The Labute approximate surface area is 141 Å². The Morgan fingerprint density at radius 1 is 1.13 bits per heavy atom. The van der Waals surface area contributed by atoms with Crippen LogP contribution in [-0.4, -0.2) is 16.1 Å². The highest BCUT2D eigenvalue weighted by Gasteiger charge is 2.20. The monoisotopic (exact) mass is 329 g/mol. The predicted molar refractivity (Wildman–Crippen MR) is 93.9 cm³/mol. The van der Waals surface area contributed by atoms with Crippen molar-refractivity contribution in [3.05, 3.63) is 40.4 Å². The second-order valence-corrected chi connectivity index (χ2v) is 7.18. The summed E-state index contributed by atoms with van der Waals surface area (Å²) in [5.74, 6) is 0.508. The third-order valence-corrected chi connectivity index (χ3v) is 5.44. The van der Waals surface area contributed by atoms with Gasteiger partial charge in [0.15, 0.2) is 0 Å². The van der Waals surface area contributed by atoms with Gasteiger partial charge in [-0.05, 0) is 30.4 Å². The molecule has 4 nitrogen and oxygen atoms in total. The van der Waals surface area contributed by atoms with E-state index in [0.29, 0.717) is 17.5 Å². The maximum Gasteiger partial charge on any atom is 0.230 e. The van der Waals surface area contributed by atoms with Gasteiger partial charge in [0, 0.05) is 5.92 Å².